The number of nitrogens with zero attached hydrogens (tertiary/aromatic N) is 5. The van der Waals surface area contributed by atoms with Gasteiger partial charge in [-0.1, -0.05) is 11.6 Å². The van der Waals surface area contributed by atoms with E-state index in [-0.39, 0.29) is 23.0 Å². The predicted octanol–water partition coefficient (Wildman–Crippen LogP) is 3.39. The Kier molecular flexibility index (Phi) is 5.38. The number of aromatic nitrogens is 4. The molecule has 5 rings (SSSR count). The maximum atomic E-state index is 13.5. The largest absolute Gasteiger partial charge is 0.419 e. The topological polar surface area (TPSA) is 92.0 Å². The highest BCUT2D eigenvalue weighted by Gasteiger charge is 2.34. The highest BCUT2D eigenvalue weighted by atomic mass is 35.5. The van der Waals surface area contributed by atoms with Crippen LogP contribution in [0.3, 0.4) is 0 Å². The van der Waals surface area contributed by atoms with Gasteiger partial charge in [0.05, 0.1) is 11.3 Å². The Bertz CT molecular complexity index is 1130. The molecule has 168 valence electrons. The van der Waals surface area contributed by atoms with Gasteiger partial charge in [0.2, 0.25) is 5.89 Å². The third kappa shape index (κ3) is 4.22. The summed E-state index contributed by atoms with van der Waals surface area (Å²) in [6, 6.07) is 5.31. The standard InChI is InChI=1S/C20H19ClF3N7O/c21-13-1-2-14(20(22,23)24)12(6-13)10-31-4-3-26-18-16(31)7-15(27-29-18)19-30-28-17(32-19)5-11-8-25-9-11/h1-2,6-7,11,25H,3-5,8-10H2,(H,26,29). The second kappa shape index (κ2) is 8.21. The first-order valence-corrected chi connectivity index (χ1v) is 10.5. The van der Waals surface area contributed by atoms with E-state index in [0.717, 1.165) is 19.2 Å². The number of fused-ring (bicyclic) bond motifs is 1. The van der Waals surface area contributed by atoms with Crippen molar-refractivity contribution in [1.29, 1.82) is 0 Å². The van der Waals surface area contributed by atoms with Crippen molar-refractivity contribution in [2.75, 3.05) is 36.4 Å². The zero-order valence-electron chi connectivity index (χ0n) is 16.8. The van der Waals surface area contributed by atoms with Crippen molar-refractivity contribution in [2.45, 2.75) is 19.1 Å². The summed E-state index contributed by atoms with van der Waals surface area (Å²) in [5.41, 5.74) is 0.351. The van der Waals surface area contributed by atoms with Gasteiger partial charge in [-0.25, -0.2) is 0 Å². The molecule has 2 aliphatic rings. The third-order valence-electron chi connectivity index (χ3n) is 5.54. The molecule has 0 atom stereocenters. The van der Waals surface area contributed by atoms with Gasteiger partial charge in [0.25, 0.3) is 5.89 Å². The van der Waals surface area contributed by atoms with E-state index in [4.69, 9.17) is 16.0 Å². The van der Waals surface area contributed by atoms with Gasteiger partial charge in [0.1, 0.15) is 0 Å². The molecule has 2 aromatic heterocycles. The zero-order chi connectivity index (χ0) is 22.3. The van der Waals surface area contributed by atoms with E-state index in [1.807, 2.05) is 4.90 Å². The Morgan fingerprint density at radius 1 is 1.12 bits per heavy atom. The first-order valence-electron chi connectivity index (χ1n) is 10.1. The smallest absolute Gasteiger partial charge is 0.416 e. The van der Waals surface area contributed by atoms with Crippen LogP contribution in [0.25, 0.3) is 11.6 Å². The van der Waals surface area contributed by atoms with Crippen molar-refractivity contribution in [3.63, 3.8) is 0 Å². The van der Waals surface area contributed by atoms with Gasteiger partial charge in [-0.3, -0.25) is 0 Å². The zero-order valence-corrected chi connectivity index (χ0v) is 17.5. The Morgan fingerprint density at radius 3 is 2.72 bits per heavy atom. The van der Waals surface area contributed by atoms with Crippen molar-refractivity contribution >= 4 is 23.1 Å². The van der Waals surface area contributed by atoms with E-state index in [1.165, 1.54) is 12.1 Å². The molecule has 2 aliphatic heterocycles. The lowest BCUT2D eigenvalue weighted by Crippen LogP contribution is -2.43. The molecule has 0 unspecified atom stereocenters. The van der Waals surface area contributed by atoms with E-state index in [2.05, 4.69) is 31.0 Å². The molecule has 0 radical (unpaired) electrons. The molecule has 0 saturated carbocycles. The lowest BCUT2D eigenvalue weighted by molar-refractivity contribution is -0.138. The lowest BCUT2D eigenvalue weighted by Gasteiger charge is -2.31. The molecule has 1 aromatic carbocycles. The molecule has 4 heterocycles. The fraction of sp³-hybridized carbons (Fsp3) is 0.400. The van der Waals surface area contributed by atoms with Crippen molar-refractivity contribution in [2.24, 2.45) is 5.92 Å². The summed E-state index contributed by atoms with van der Waals surface area (Å²) < 4.78 is 46.3. The van der Waals surface area contributed by atoms with Gasteiger partial charge in [-0.05, 0) is 48.8 Å². The molecule has 32 heavy (non-hydrogen) atoms. The molecular formula is C20H19ClF3N7O. The van der Waals surface area contributed by atoms with Gasteiger partial charge in [0, 0.05) is 31.1 Å². The molecule has 0 bridgehead atoms. The van der Waals surface area contributed by atoms with Gasteiger partial charge < -0.3 is 20.0 Å². The number of benzene rings is 1. The number of hydrogen-bond donors (Lipinski definition) is 2. The Morgan fingerprint density at radius 2 is 1.97 bits per heavy atom. The number of nitrogens with one attached hydrogen (secondary N) is 2. The van der Waals surface area contributed by atoms with Crippen LogP contribution in [-0.4, -0.2) is 46.6 Å². The molecule has 1 fully saturated rings. The lowest BCUT2D eigenvalue weighted by atomic mass is 10.00. The molecule has 3 aromatic rings. The number of anilines is 2. The summed E-state index contributed by atoms with van der Waals surface area (Å²) in [6.45, 7) is 2.84. The van der Waals surface area contributed by atoms with Gasteiger partial charge in [-0.15, -0.1) is 20.4 Å². The molecule has 8 nitrogen and oxygen atoms in total. The Balaban J connectivity index is 1.43. The van der Waals surface area contributed by atoms with Gasteiger partial charge >= 0.3 is 6.18 Å². The van der Waals surface area contributed by atoms with Crippen LogP contribution in [-0.2, 0) is 19.1 Å². The van der Waals surface area contributed by atoms with Crippen molar-refractivity contribution in [3.05, 3.63) is 46.3 Å². The minimum atomic E-state index is -4.48. The fourth-order valence-corrected chi connectivity index (χ4v) is 4.00. The fourth-order valence-electron chi connectivity index (χ4n) is 3.80. The Hall–Kier alpha value is -2.92. The van der Waals surface area contributed by atoms with Crippen molar-refractivity contribution in [3.8, 4) is 11.6 Å². The highest BCUT2D eigenvalue weighted by molar-refractivity contribution is 6.30. The number of halogens is 4. The monoisotopic (exact) mass is 465 g/mol. The number of hydrogen-bond acceptors (Lipinski definition) is 8. The first kappa shape index (κ1) is 21.0. The second-order valence-corrected chi connectivity index (χ2v) is 8.28. The molecule has 0 spiro atoms. The average molecular weight is 466 g/mol. The normalized spacial score (nSPS) is 16.4. The molecule has 0 aliphatic carbocycles. The predicted molar refractivity (Wildman–Crippen MR) is 111 cm³/mol. The van der Waals surface area contributed by atoms with Crippen LogP contribution in [0.2, 0.25) is 5.02 Å². The van der Waals surface area contributed by atoms with E-state index < -0.39 is 11.7 Å². The third-order valence-corrected chi connectivity index (χ3v) is 5.77. The minimum absolute atomic E-state index is 0.0129. The molecule has 12 heteroatoms. The maximum Gasteiger partial charge on any atom is 0.416 e. The van der Waals surface area contributed by atoms with Crippen LogP contribution < -0.4 is 15.5 Å². The van der Waals surface area contributed by atoms with E-state index in [0.29, 0.717) is 48.5 Å². The van der Waals surface area contributed by atoms with E-state index in [1.54, 1.807) is 6.07 Å². The van der Waals surface area contributed by atoms with E-state index >= 15 is 0 Å². The summed E-state index contributed by atoms with van der Waals surface area (Å²) in [5, 5.41) is 23.0. The quantitative estimate of drug-likeness (QED) is 0.592. The van der Waals surface area contributed by atoms with Crippen molar-refractivity contribution < 1.29 is 17.6 Å². The van der Waals surface area contributed by atoms with E-state index in [9.17, 15) is 13.2 Å². The van der Waals surface area contributed by atoms with Gasteiger partial charge in [-0.2, -0.15) is 13.2 Å². The summed E-state index contributed by atoms with van der Waals surface area (Å²) in [4.78, 5) is 1.81. The molecule has 1 saturated heterocycles. The van der Waals surface area contributed by atoms with Crippen LogP contribution in [0.4, 0.5) is 24.7 Å². The van der Waals surface area contributed by atoms with Gasteiger partial charge in [0.15, 0.2) is 11.5 Å². The average Bonchev–Trinajstić information content (AvgIpc) is 3.19. The van der Waals surface area contributed by atoms with Crippen LogP contribution in [0.5, 0.6) is 0 Å². The van der Waals surface area contributed by atoms with Crippen molar-refractivity contribution in [1.82, 2.24) is 25.7 Å². The summed E-state index contributed by atoms with van der Waals surface area (Å²) in [6.07, 6.45) is -3.80. The molecule has 0 amide bonds. The van der Waals surface area contributed by atoms with Crippen LogP contribution in [0.1, 0.15) is 17.0 Å². The Labute approximate surface area is 186 Å². The summed E-state index contributed by atoms with van der Waals surface area (Å²) in [5.74, 6) is 1.70. The molecule has 2 N–H and O–H groups in total. The highest BCUT2D eigenvalue weighted by Crippen LogP contribution is 2.36. The maximum absolute atomic E-state index is 13.5. The van der Waals surface area contributed by atoms with Crippen LogP contribution in [0, 0.1) is 5.92 Å². The second-order valence-electron chi connectivity index (χ2n) is 7.84. The molecular weight excluding hydrogens is 447 g/mol. The van der Waals surface area contributed by atoms with Crippen LogP contribution in [0.15, 0.2) is 28.7 Å². The minimum Gasteiger partial charge on any atom is -0.419 e. The summed E-state index contributed by atoms with van der Waals surface area (Å²) >= 11 is 5.99. The number of rotatable bonds is 5. The van der Waals surface area contributed by atoms with Crippen LogP contribution >= 0.6 is 11.6 Å². The number of alkyl halides is 3. The summed E-state index contributed by atoms with van der Waals surface area (Å²) in [7, 11) is 0. The first-order chi connectivity index (χ1) is 15.4. The SMILES string of the molecule is FC(F)(F)c1ccc(Cl)cc1CN1CCNc2nnc(-c3nnc(CC4CNC4)o3)cc21.